The highest BCUT2D eigenvalue weighted by molar-refractivity contribution is 7.87. The van der Waals surface area contributed by atoms with Crippen LogP contribution in [0.5, 0.6) is 0 Å². The molecular weight excluding hydrogens is 418 g/mol. The van der Waals surface area contributed by atoms with Crippen LogP contribution in [0.2, 0.25) is 0 Å². The number of carbonyl (C=O) groups is 2. The molecule has 0 aromatic carbocycles. The van der Waals surface area contributed by atoms with E-state index in [1.165, 1.54) is 0 Å². The summed E-state index contributed by atoms with van der Waals surface area (Å²) in [5.41, 5.74) is 5.27. The van der Waals surface area contributed by atoms with Gasteiger partial charge in [0.2, 0.25) is 5.91 Å². The summed E-state index contributed by atoms with van der Waals surface area (Å²) in [4.78, 5) is 24.1. The molecule has 0 saturated carbocycles. The third-order valence-electron chi connectivity index (χ3n) is 4.26. The van der Waals surface area contributed by atoms with Crippen molar-refractivity contribution in [3.8, 4) is 0 Å². The van der Waals surface area contributed by atoms with Crippen molar-refractivity contribution in [2.45, 2.75) is 43.5 Å². The molecule has 1 rings (SSSR count). The molecule has 2 atom stereocenters. The van der Waals surface area contributed by atoms with Gasteiger partial charge < -0.3 is 30.6 Å². The van der Waals surface area contributed by atoms with Crippen LogP contribution in [0.15, 0.2) is 12.2 Å². The smallest absolute Gasteiger partial charge is 0.407 e. The number of nitrogens with one attached hydrogen (secondary N) is 2. The van der Waals surface area contributed by atoms with Gasteiger partial charge in [-0.1, -0.05) is 12.2 Å². The molecule has 0 aromatic rings. The Morgan fingerprint density at radius 3 is 2.47 bits per heavy atom. The summed E-state index contributed by atoms with van der Waals surface area (Å²) < 4.78 is 48.0. The highest BCUT2D eigenvalue weighted by Crippen LogP contribution is 2.15. The predicted octanol–water partition coefficient (Wildman–Crippen LogP) is -0.0340. The van der Waals surface area contributed by atoms with E-state index in [0.29, 0.717) is 39.2 Å². The first-order valence-corrected chi connectivity index (χ1v) is 11.5. The lowest BCUT2D eigenvalue weighted by molar-refractivity contribution is -0.120. The molecule has 1 aliphatic rings. The number of allylic oxidation sites excluding steroid dienone is 2. The van der Waals surface area contributed by atoms with E-state index in [1.54, 1.807) is 0 Å². The molecule has 11 nitrogen and oxygen atoms in total. The lowest BCUT2D eigenvalue weighted by Crippen LogP contribution is -2.48. The van der Waals surface area contributed by atoms with Gasteiger partial charge in [0, 0.05) is 19.6 Å². The summed E-state index contributed by atoms with van der Waals surface area (Å²) in [6.07, 6.45) is 6.97. The molecule has 5 N–H and O–H groups in total. The van der Waals surface area contributed by atoms with E-state index in [-0.39, 0.29) is 19.3 Å². The largest absolute Gasteiger partial charge is 0.446 e. The first kappa shape index (κ1) is 26.3. The molecule has 0 spiro atoms. The van der Waals surface area contributed by atoms with E-state index in [1.807, 2.05) is 6.08 Å². The number of ether oxygens (including phenoxy) is 3. The van der Waals surface area contributed by atoms with Gasteiger partial charge >= 0.3 is 6.09 Å². The number of alkyl carbamates (subject to hydrolysis) is 1. The Morgan fingerprint density at radius 1 is 1.07 bits per heavy atom. The number of hydrogen-bond acceptors (Lipinski definition) is 8. The summed E-state index contributed by atoms with van der Waals surface area (Å²) in [7, 11) is -4.73. The van der Waals surface area contributed by atoms with Gasteiger partial charge in [-0.05, 0) is 32.1 Å². The van der Waals surface area contributed by atoms with E-state index in [9.17, 15) is 22.6 Å². The van der Waals surface area contributed by atoms with Crippen LogP contribution in [0.3, 0.4) is 0 Å². The van der Waals surface area contributed by atoms with Crippen LogP contribution < -0.4 is 16.4 Å². The fraction of sp³-hybridized carbons (Fsp3) is 0.778. The van der Waals surface area contributed by atoms with Crippen molar-refractivity contribution in [2.24, 2.45) is 5.73 Å². The van der Waals surface area contributed by atoms with Crippen LogP contribution in [0.1, 0.15) is 32.1 Å². The van der Waals surface area contributed by atoms with E-state index < -0.39 is 33.9 Å². The Bertz CT molecular complexity index is 641. The number of hydrogen-bond donors (Lipinski definition) is 4. The van der Waals surface area contributed by atoms with Gasteiger partial charge in [-0.15, -0.1) is 0 Å². The molecule has 12 heteroatoms. The quantitative estimate of drug-likeness (QED) is 0.171. The Morgan fingerprint density at radius 2 is 1.77 bits per heavy atom. The summed E-state index contributed by atoms with van der Waals surface area (Å²) in [5, 5.41) is 2.75. The Kier molecular flexibility index (Phi) is 13.3. The first-order chi connectivity index (χ1) is 14.3. The summed E-state index contributed by atoms with van der Waals surface area (Å²) >= 11 is 0. The number of amides is 2. The molecule has 0 heterocycles. The summed E-state index contributed by atoms with van der Waals surface area (Å²) in [6, 6.07) is 0. The van der Waals surface area contributed by atoms with Crippen LogP contribution in [-0.2, 0) is 29.1 Å². The molecule has 1 unspecified atom stereocenters. The van der Waals surface area contributed by atoms with E-state index >= 15 is 0 Å². The maximum atomic E-state index is 12.1. The van der Waals surface area contributed by atoms with Crippen LogP contribution in [0.4, 0.5) is 4.79 Å². The zero-order chi connectivity index (χ0) is 22.2. The molecule has 174 valence electrons. The zero-order valence-electron chi connectivity index (χ0n) is 17.1. The number of nitrogens with two attached hydrogens (primary N) is 1. The molecule has 0 aliphatic heterocycles. The molecule has 0 aromatic heterocycles. The van der Waals surface area contributed by atoms with Crippen molar-refractivity contribution in [3.63, 3.8) is 0 Å². The summed E-state index contributed by atoms with van der Waals surface area (Å²) in [5.74, 6) is -0.947. The molecule has 0 radical (unpaired) electrons. The third-order valence-corrected chi connectivity index (χ3v) is 5.36. The van der Waals surface area contributed by atoms with E-state index in [2.05, 4.69) is 16.7 Å². The molecule has 30 heavy (non-hydrogen) atoms. The Balaban J connectivity index is 2.35. The molecule has 0 fully saturated rings. The first-order valence-electron chi connectivity index (χ1n) is 10.0. The molecule has 1 aliphatic carbocycles. The highest BCUT2D eigenvalue weighted by atomic mass is 32.2. The number of rotatable bonds is 13. The summed E-state index contributed by atoms with van der Waals surface area (Å²) in [6.45, 7) is 1.02. The topological polar surface area (TPSA) is 166 Å². The zero-order valence-corrected chi connectivity index (χ0v) is 17.9. The van der Waals surface area contributed by atoms with Crippen LogP contribution in [0.25, 0.3) is 0 Å². The van der Waals surface area contributed by atoms with E-state index in [4.69, 9.17) is 19.9 Å². The monoisotopic (exact) mass is 451 g/mol. The minimum atomic E-state index is -4.73. The van der Waals surface area contributed by atoms with Crippen molar-refractivity contribution < 1.29 is 36.8 Å². The van der Waals surface area contributed by atoms with Gasteiger partial charge in [0.15, 0.2) is 5.25 Å². The minimum absolute atomic E-state index is 0.0295. The Hall–Kier alpha value is -1.73. The van der Waals surface area contributed by atoms with Crippen molar-refractivity contribution in [1.82, 2.24) is 10.6 Å². The SMILES string of the molecule is NCCOCCOCCNC(=O)C(CNC(=O)O[C@H]1CC/C=C\CCC1)S(=O)(=O)O. The van der Waals surface area contributed by atoms with Crippen LogP contribution in [0, 0.1) is 0 Å². The fourth-order valence-corrected chi connectivity index (χ4v) is 3.36. The van der Waals surface area contributed by atoms with Crippen molar-refractivity contribution in [2.75, 3.05) is 46.1 Å². The normalized spacial score (nSPS) is 19.2. The van der Waals surface area contributed by atoms with E-state index in [0.717, 1.165) is 19.3 Å². The second-order valence-electron chi connectivity index (χ2n) is 6.70. The Labute approximate surface area is 177 Å². The maximum Gasteiger partial charge on any atom is 0.407 e. The molecule has 0 saturated heterocycles. The predicted molar refractivity (Wildman–Crippen MR) is 110 cm³/mol. The third kappa shape index (κ3) is 12.1. The van der Waals surface area contributed by atoms with Crippen molar-refractivity contribution in [1.29, 1.82) is 0 Å². The maximum absolute atomic E-state index is 12.1. The minimum Gasteiger partial charge on any atom is -0.446 e. The lowest BCUT2D eigenvalue weighted by atomic mass is 10.0. The average molecular weight is 452 g/mol. The van der Waals surface area contributed by atoms with Gasteiger partial charge in [0.1, 0.15) is 6.10 Å². The number of carbonyl (C=O) groups excluding carboxylic acids is 2. The van der Waals surface area contributed by atoms with Gasteiger partial charge in [-0.2, -0.15) is 8.42 Å². The standard InChI is InChI=1S/C18H33N3O8S/c19-8-10-27-12-13-28-11-9-20-17(22)16(30(24,25)26)14-21-18(23)29-15-6-4-2-1-3-5-7-15/h1-2,15-16H,3-14,19H2,(H,20,22)(H,21,23)(H,24,25,26)/b2-1-/t15-,16?/m0/s1. The van der Waals surface area contributed by atoms with Crippen LogP contribution >= 0.6 is 0 Å². The van der Waals surface area contributed by atoms with Gasteiger partial charge in [-0.3, -0.25) is 9.35 Å². The fourth-order valence-electron chi connectivity index (χ4n) is 2.71. The molecule has 2 amide bonds. The highest BCUT2D eigenvalue weighted by Gasteiger charge is 2.31. The average Bonchev–Trinajstić information content (AvgIpc) is 2.65. The molecule has 0 bridgehead atoms. The van der Waals surface area contributed by atoms with Crippen molar-refractivity contribution in [3.05, 3.63) is 12.2 Å². The lowest BCUT2D eigenvalue weighted by Gasteiger charge is -2.20. The van der Waals surface area contributed by atoms with Crippen LogP contribution in [-0.4, -0.2) is 82.4 Å². The van der Waals surface area contributed by atoms with Gasteiger partial charge in [0.25, 0.3) is 10.1 Å². The second-order valence-corrected chi connectivity index (χ2v) is 8.29. The van der Waals surface area contributed by atoms with Crippen molar-refractivity contribution >= 4 is 22.1 Å². The van der Waals surface area contributed by atoms with Gasteiger partial charge in [0.05, 0.1) is 26.4 Å². The second kappa shape index (κ2) is 15.1. The molecular formula is C18H33N3O8S. The van der Waals surface area contributed by atoms with Gasteiger partial charge in [-0.25, -0.2) is 4.79 Å².